The molecule has 1 N–H and O–H groups in total. The Labute approximate surface area is 226 Å². The van der Waals surface area contributed by atoms with Gasteiger partial charge in [0, 0.05) is 35.9 Å². The lowest BCUT2D eigenvalue weighted by Gasteiger charge is -2.36. The van der Waals surface area contributed by atoms with Gasteiger partial charge in [0.15, 0.2) is 0 Å². The fourth-order valence-electron chi connectivity index (χ4n) is 5.09. The van der Waals surface area contributed by atoms with Crippen molar-refractivity contribution in [2.45, 2.75) is 76.0 Å². The van der Waals surface area contributed by atoms with Crippen LogP contribution in [0.3, 0.4) is 0 Å². The SMILES string of the molecule is COC(=O)c1c(C[C@@]2(N[S+]([O-])C(C)(C)C)CCc3c(Cl)cccc32)nc(Cl)nc1N1CCCCCC1. The molecule has 0 saturated carbocycles. The average Bonchev–Trinajstić information content (AvgIpc) is 2.99. The van der Waals surface area contributed by atoms with E-state index < -0.39 is 27.6 Å². The van der Waals surface area contributed by atoms with Crippen molar-refractivity contribution >= 4 is 46.4 Å². The van der Waals surface area contributed by atoms with Crippen LogP contribution in [0.15, 0.2) is 18.2 Å². The number of nitrogens with one attached hydrogen (secondary N) is 1. The first-order chi connectivity index (χ1) is 17.1. The number of halogens is 2. The summed E-state index contributed by atoms with van der Waals surface area (Å²) in [5, 5.41) is 0.755. The molecular formula is C26H34Cl2N4O3S. The predicted molar refractivity (Wildman–Crippen MR) is 145 cm³/mol. The van der Waals surface area contributed by atoms with Crippen molar-refractivity contribution in [3.63, 3.8) is 0 Å². The Morgan fingerprint density at radius 2 is 1.89 bits per heavy atom. The Bertz CT molecular complexity index is 1120. The molecule has 1 aliphatic carbocycles. The van der Waals surface area contributed by atoms with Gasteiger partial charge in [0.05, 0.1) is 18.3 Å². The second-order valence-corrected chi connectivity index (χ2v) is 13.3. The summed E-state index contributed by atoms with van der Waals surface area (Å²) in [5.74, 6) is 0.00693. The van der Waals surface area contributed by atoms with Crippen LogP contribution < -0.4 is 9.62 Å². The Morgan fingerprint density at radius 3 is 2.53 bits per heavy atom. The Kier molecular flexibility index (Phi) is 8.42. The number of carbonyl (C=O) groups is 1. The van der Waals surface area contributed by atoms with Crippen LogP contribution in [0.2, 0.25) is 10.3 Å². The van der Waals surface area contributed by atoms with Crippen LogP contribution in [0.4, 0.5) is 5.82 Å². The standard InChI is InChI=1S/C26H34Cl2N4O3S/c1-25(2,3)36(34)31-26(13-12-17-18(26)10-9-11-19(17)27)16-20-21(23(33)35-4)22(30-24(28)29-20)32-14-7-5-6-8-15-32/h9-11,31H,5-8,12-16H2,1-4H3/t26-,36?/m0/s1. The van der Waals surface area contributed by atoms with Gasteiger partial charge in [0.25, 0.3) is 0 Å². The largest absolute Gasteiger partial charge is 0.598 e. The van der Waals surface area contributed by atoms with E-state index in [4.69, 9.17) is 27.9 Å². The molecule has 1 fully saturated rings. The molecule has 0 radical (unpaired) electrons. The molecule has 0 spiro atoms. The molecule has 1 aliphatic heterocycles. The smallest absolute Gasteiger partial charge is 0.343 e. The van der Waals surface area contributed by atoms with Gasteiger partial charge < -0.3 is 14.2 Å². The molecule has 0 amide bonds. The highest BCUT2D eigenvalue weighted by Gasteiger charge is 2.47. The number of hydrogen-bond acceptors (Lipinski definition) is 7. The molecule has 2 atom stereocenters. The number of esters is 1. The molecular weight excluding hydrogens is 519 g/mol. The van der Waals surface area contributed by atoms with Crippen molar-refractivity contribution in [3.8, 4) is 0 Å². The number of fused-ring (bicyclic) bond motifs is 1. The fourth-order valence-corrected chi connectivity index (χ4v) is 6.49. The quantitative estimate of drug-likeness (QED) is 0.292. The van der Waals surface area contributed by atoms with Gasteiger partial charge in [0.1, 0.15) is 16.1 Å². The van der Waals surface area contributed by atoms with Crippen molar-refractivity contribution in [1.82, 2.24) is 14.7 Å². The summed E-state index contributed by atoms with van der Waals surface area (Å²) in [7, 11) is 1.36. The van der Waals surface area contributed by atoms with Crippen molar-refractivity contribution in [2.75, 3.05) is 25.1 Å². The number of benzene rings is 1. The van der Waals surface area contributed by atoms with Crippen LogP contribution >= 0.6 is 23.2 Å². The summed E-state index contributed by atoms with van der Waals surface area (Å²) in [4.78, 5) is 24.3. The molecule has 1 aromatic heterocycles. The minimum absolute atomic E-state index is 0.0771. The van der Waals surface area contributed by atoms with Gasteiger partial charge in [-0.05, 0) is 75.2 Å². The first-order valence-electron chi connectivity index (χ1n) is 12.4. The van der Waals surface area contributed by atoms with E-state index in [0.717, 1.165) is 49.9 Å². The van der Waals surface area contributed by atoms with Gasteiger partial charge >= 0.3 is 5.97 Å². The molecule has 7 nitrogen and oxygen atoms in total. The molecule has 196 valence electrons. The molecule has 2 aromatic rings. The van der Waals surface area contributed by atoms with Crippen LogP contribution in [0.5, 0.6) is 0 Å². The number of hydrogen-bond donors (Lipinski definition) is 1. The van der Waals surface area contributed by atoms with Gasteiger partial charge in [-0.15, -0.1) is 4.72 Å². The minimum atomic E-state index is -1.39. The monoisotopic (exact) mass is 552 g/mol. The van der Waals surface area contributed by atoms with Crippen molar-refractivity contribution in [1.29, 1.82) is 0 Å². The van der Waals surface area contributed by atoms with E-state index in [2.05, 4.69) is 19.6 Å². The predicted octanol–water partition coefficient (Wildman–Crippen LogP) is 5.39. The zero-order valence-electron chi connectivity index (χ0n) is 21.3. The van der Waals surface area contributed by atoms with Crippen molar-refractivity contribution in [2.24, 2.45) is 0 Å². The van der Waals surface area contributed by atoms with Gasteiger partial charge in [-0.2, -0.15) is 4.98 Å². The van der Waals surface area contributed by atoms with Crippen LogP contribution in [0.1, 0.15) is 80.1 Å². The number of methoxy groups -OCH3 is 1. The molecule has 2 heterocycles. The summed E-state index contributed by atoms with van der Waals surface area (Å²) in [5.41, 5.74) is 2.03. The fraction of sp³-hybridized carbons (Fsp3) is 0.577. The van der Waals surface area contributed by atoms with Crippen molar-refractivity contribution in [3.05, 3.63) is 50.9 Å². The van der Waals surface area contributed by atoms with E-state index in [0.29, 0.717) is 34.9 Å². The topological polar surface area (TPSA) is 90.4 Å². The molecule has 1 aromatic carbocycles. The second kappa shape index (κ2) is 11.0. The number of carbonyl (C=O) groups excluding carboxylic acids is 1. The third kappa shape index (κ3) is 5.63. The van der Waals surface area contributed by atoms with Crippen LogP contribution in [-0.4, -0.2) is 45.4 Å². The zero-order valence-corrected chi connectivity index (χ0v) is 23.7. The number of anilines is 1. The number of nitrogens with zero attached hydrogens (tertiary/aromatic N) is 3. The molecule has 1 saturated heterocycles. The summed E-state index contributed by atoms with van der Waals surface area (Å²) in [6.45, 7) is 7.35. The second-order valence-electron chi connectivity index (χ2n) is 10.5. The highest BCUT2D eigenvalue weighted by Crippen LogP contribution is 2.44. The van der Waals surface area contributed by atoms with E-state index in [9.17, 15) is 9.35 Å². The van der Waals surface area contributed by atoms with Crippen molar-refractivity contribution < 1.29 is 14.1 Å². The molecule has 10 heteroatoms. The summed E-state index contributed by atoms with van der Waals surface area (Å²) >= 11 is 11.6. The summed E-state index contributed by atoms with van der Waals surface area (Å²) in [6, 6.07) is 5.78. The molecule has 36 heavy (non-hydrogen) atoms. The lowest BCUT2D eigenvalue weighted by molar-refractivity contribution is 0.0598. The first kappa shape index (κ1) is 27.5. The maximum atomic E-state index is 13.4. The summed E-state index contributed by atoms with van der Waals surface area (Å²) < 4.78 is 21.5. The van der Waals surface area contributed by atoms with Gasteiger partial charge in [-0.3, -0.25) is 0 Å². The van der Waals surface area contributed by atoms with Crippen LogP contribution in [-0.2, 0) is 34.5 Å². The van der Waals surface area contributed by atoms with E-state index in [1.54, 1.807) is 0 Å². The number of aromatic nitrogens is 2. The Morgan fingerprint density at radius 1 is 1.19 bits per heavy atom. The van der Waals surface area contributed by atoms with E-state index in [1.165, 1.54) is 7.11 Å². The molecule has 4 rings (SSSR count). The van der Waals surface area contributed by atoms with Gasteiger partial charge in [-0.1, -0.05) is 36.6 Å². The molecule has 2 aliphatic rings. The third-order valence-corrected chi connectivity index (χ3v) is 9.19. The Hall–Kier alpha value is -1.58. The lowest BCUT2D eigenvalue weighted by Crippen LogP contribution is -2.52. The van der Waals surface area contributed by atoms with E-state index in [-0.39, 0.29) is 11.7 Å². The maximum absolute atomic E-state index is 13.4. The average molecular weight is 554 g/mol. The summed E-state index contributed by atoms with van der Waals surface area (Å²) in [6.07, 6.45) is 5.95. The Balaban J connectivity index is 1.85. The zero-order chi connectivity index (χ0) is 26.1. The number of rotatable bonds is 6. The molecule has 0 bridgehead atoms. The van der Waals surface area contributed by atoms with E-state index in [1.807, 2.05) is 39.0 Å². The van der Waals surface area contributed by atoms with Gasteiger partial charge in [0.2, 0.25) is 5.28 Å². The van der Waals surface area contributed by atoms with Gasteiger partial charge in [-0.25, -0.2) is 9.78 Å². The number of ether oxygens (including phenoxy) is 1. The lowest BCUT2D eigenvalue weighted by atomic mass is 9.86. The highest BCUT2D eigenvalue weighted by atomic mass is 35.5. The normalized spacial score (nSPS) is 21.1. The van der Waals surface area contributed by atoms with Crippen LogP contribution in [0, 0.1) is 0 Å². The highest BCUT2D eigenvalue weighted by molar-refractivity contribution is 7.90. The van der Waals surface area contributed by atoms with Crippen LogP contribution in [0.25, 0.3) is 0 Å². The maximum Gasteiger partial charge on any atom is 0.343 e. The van der Waals surface area contributed by atoms with E-state index >= 15 is 0 Å². The third-order valence-electron chi connectivity index (χ3n) is 6.98. The minimum Gasteiger partial charge on any atom is -0.598 e. The first-order valence-corrected chi connectivity index (χ1v) is 14.3. The molecule has 1 unspecified atom stereocenters.